The van der Waals surface area contributed by atoms with Crippen molar-refractivity contribution in [1.29, 1.82) is 0 Å². The number of carboxylic acid groups (broad SMARTS) is 1. The summed E-state index contributed by atoms with van der Waals surface area (Å²) in [4.78, 5) is 49.0. The maximum absolute atomic E-state index is 13.4. The zero-order valence-electron chi connectivity index (χ0n) is 19.7. The van der Waals surface area contributed by atoms with Gasteiger partial charge in [-0.15, -0.1) is 0 Å². The number of rotatable bonds is 9. The highest BCUT2D eigenvalue weighted by atomic mass is 16.5. The minimum absolute atomic E-state index is 0.0424. The van der Waals surface area contributed by atoms with Crippen molar-refractivity contribution in [3.8, 4) is 0 Å². The van der Waals surface area contributed by atoms with Gasteiger partial charge in [-0.3, -0.25) is 14.4 Å². The summed E-state index contributed by atoms with van der Waals surface area (Å²) in [6.45, 7) is 7.11. The van der Waals surface area contributed by atoms with Crippen molar-refractivity contribution in [3.05, 3.63) is 57.2 Å². The monoisotopic (exact) mass is 468 g/mol. The van der Waals surface area contributed by atoms with E-state index in [1.54, 1.807) is 26.0 Å². The van der Waals surface area contributed by atoms with Crippen molar-refractivity contribution in [2.24, 2.45) is 0 Å². The summed E-state index contributed by atoms with van der Waals surface area (Å²) >= 11 is 0. The molecule has 0 radical (unpaired) electrons. The van der Waals surface area contributed by atoms with Crippen LogP contribution >= 0.6 is 0 Å². The van der Waals surface area contributed by atoms with Crippen LogP contribution in [0.2, 0.25) is 0 Å². The van der Waals surface area contributed by atoms with E-state index >= 15 is 0 Å². The first-order chi connectivity index (χ1) is 16.2. The minimum Gasteiger partial charge on any atom is -0.478 e. The first-order valence-corrected chi connectivity index (χ1v) is 11.3. The Hall–Kier alpha value is -3.68. The van der Waals surface area contributed by atoms with Crippen LogP contribution in [0, 0.1) is 0 Å². The molecule has 2 unspecified atom stereocenters. The molecule has 2 aromatic carbocycles. The summed E-state index contributed by atoms with van der Waals surface area (Å²) in [6.07, 6.45) is 0.376. The van der Waals surface area contributed by atoms with Crippen LogP contribution in [0.4, 0.5) is 0 Å². The number of carbonyl (C=O) groups excluding carboxylic acids is 2. The molecular weight excluding hydrogens is 440 g/mol. The topological polar surface area (TPSA) is 120 Å². The smallest absolute Gasteiger partial charge is 0.335 e. The van der Waals surface area contributed by atoms with Gasteiger partial charge in [-0.25, -0.2) is 4.79 Å². The minimum atomic E-state index is -1.16. The summed E-state index contributed by atoms with van der Waals surface area (Å²) in [5.74, 6) is -1.91. The SMILES string of the molecule is CCCC(=O)OC(C)c1cc(C(C)OC(=O)CCC)c2oc3ccc(C(=O)O)cc3c(=O)c2c1. The van der Waals surface area contributed by atoms with Gasteiger partial charge in [0, 0.05) is 18.4 Å². The van der Waals surface area contributed by atoms with Crippen LogP contribution in [0.25, 0.3) is 21.9 Å². The third kappa shape index (κ3) is 5.27. The fraction of sp³-hybridized carbons (Fsp3) is 0.385. The van der Waals surface area contributed by atoms with Gasteiger partial charge in [0.1, 0.15) is 23.4 Å². The summed E-state index contributed by atoms with van der Waals surface area (Å²) in [7, 11) is 0. The highest BCUT2D eigenvalue weighted by molar-refractivity contribution is 5.96. The number of esters is 2. The van der Waals surface area contributed by atoms with Gasteiger partial charge < -0.3 is 19.0 Å². The Bertz CT molecular complexity index is 1300. The van der Waals surface area contributed by atoms with E-state index in [1.165, 1.54) is 18.2 Å². The molecule has 0 fully saturated rings. The molecule has 0 aliphatic heterocycles. The zero-order valence-corrected chi connectivity index (χ0v) is 19.7. The van der Waals surface area contributed by atoms with Gasteiger partial charge in [-0.2, -0.15) is 0 Å². The Morgan fingerprint density at radius 1 is 0.912 bits per heavy atom. The first kappa shape index (κ1) is 25.0. The number of carbonyl (C=O) groups is 3. The lowest BCUT2D eigenvalue weighted by molar-refractivity contribution is -0.149. The molecule has 1 heterocycles. The summed E-state index contributed by atoms with van der Waals surface area (Å²) in [5, 5.41) is 9.60. The van der Waals surface area contributed by atoms with E-state index in [1.807, 2.05) is 13.8 Å². The lowest BCUT2D eigenvalue weighted by atomic mass is 9.98. The van der Waals surface area contributed by atoms with Crippen molar-refractivity contribution in [2.45, 2.75) is 65.6 Å². The van der Waals surface area contributed by atoms with Crippen molar-refractivity contribution in [1.82, 2.24) is 0 Å². The highest BCUT2D eigenvalue weighted by Crippen LogP contribution is 2.32. The summed E-state index contributed by atoms with van der Waals surface area (Å²) < 4.78 is 17.1. The second kappa shape index (κ2) is 10.5. The lowest BCUT2D eigenvalue weighted by Crippen LogP contribution is -2.13. The molecule has 0 spiro atoms. The van der Waals surface area contributed by atoms with Crippen LogP contribution in [0.15, 0.2) is 39.5 Å². The number of hydrogen-bond acceptors (Lipinski definition) is 7. The van der Waals surface area contributed by atoms with E-state index in [2.05, 4.69) is 0 Å². The number of ether oxygens (including phenoxy) is 2. The van der Waals surface area contributed by atoms with Gasteiger partial charge in [0.15, 0.2) is 0 Å². The maximum atomic E-state index is 13.4. The van der Waals surface area contributed by atoms with Crippen molar-refractivity contribution >= 4 is 39.8 Å². The first-order valence-electron chi connectivity index (χ1n) is 11.3. The molecule has 8 nitrogen and oxygen atoms in total. The quantitative estimate of drug-likeness (QED) is 0.325. The summed E-state index contributed by atoms with van der Waals surface area (Å²) in [6, 6.07) is 7.33. The van der Waals surface area contributed by atoms with Gasteiger partial charge in [0.2, 0.25) is 5.43 Å². The Morgan fingerprint density at radius 3 is 2.12 bits per heavy atom. The Kier molecular flexibility index (Phi) is 7.71. The van der Waals surface area contributed by atoms with Crippen molar-refractivity contribution in [3.63, 3.8) is 0 Å². The maximum Gasteiger partial charge on any atom is 0.335 e. The second-order valence-corrected chi connectivity index (χ2v) is 8.20. The van der Waals surface area contributed by atoms with E-state index in [0.29, 0.717) is 24.0 Å². The molecule has 0 saturated carbocycles. The predicted octanol–water partition coefficient (Wildman–Crippen LogP) is 5.45. The van der Waals surface area contributed by atoms with E-state index in [-0.39, 0.29) is 52.3 Å². The summed E-state index contributed by atoms with van der Waals surface area (Å²) in [5.41, 5.74) is 0.961. The largest absolute Gasteiger partial charge is 0.478 e. The molecule has 3 rings (SSSR count). The molecule has 0 aliphatic carbocycles. The zero-order chi connectivity index (χ0) is 25.0. The molecule has 1 N–H and O–H groups in total. The van der Waals surface area contributed by atoms with E-state index in [4.69, 9.17) is 13.9 Å². The second-order valence-electron chi connectivity index (χ2n) is 8.20. The lowest BCUT2D eigenvalue weighted by Gasteiger charge is -2.19. The van der Waals surface area contributed by atoms with Gasteiger partial charge in [0.05, 0.1) is 16.3 Å². The fourth-order valence-electron chi connectivity index (χ4n) is 3.73. The van der Waals surface area contributed by atoms with Gasteiger partial charge in [-0.05, 0) is 62.6 Å². The number of benzene rings is 2. The standard InChI is InChI=1S/C26H28O8/c1-5-7-22(27)32-14(3)17-12-18(15(4)33-23(28)8-6-2)25-20(13-17)24(29)19-11-16(26(30)31)9-10-21(19)34-25/h9-15H,5-8H2,1-4H3,(H,30,31). The number of fused-ring (bicyclic) bond motifs is 2. The molecular formula is C26H28O8. The van der Waals surface area contributed by atoms with E-state index in [9.17, 15) is 24.3 Å². The van der Waals surface area contributed by atoms with Crippen LogP contribution in [-0.2, 0) is 19.1 Å². The fourth-order valence-corrected chi connectivity index (χ4v) is 3.73. The van der Waals surface area contributed by atoms with Crippen molar-refractivity contribution in [2.75, 3.05) is 0 Å². The van der Waals surface area contributed by atoms with Crippen molar-refractivity contribution < 1.29 is 33.4 Å². The van der Waals surface area contributed by atoms with Crippen LogP contribution in [0.1, 0.15) is 87.1 Å². The molecule has 34 heavy (non-hydrogen) atoms. The third-order valence-corrected chi connectivity index (χ3v) is 5.50. The van der Waals surface area contributed by atoms with Gasteiger partial charge in [-0.1, -0.05) is 13.8 Å². The number of aromatic carboxylic acids is 1. The average Bonchev–Trinajstić information content (AvgIpc) is 2.78. The van der Waals surface area contributed by atoms with Crippen LogP contribution in [0.5, 0.6) is 0 Å². The molecule has 0 aliphatic rings. The molecule has 0 amide bonds. The molecule has 8 heteroatoms. The number of carboxylic acids is 1. The average molecular weight is 469 g/mol. The molecule has 180 valence electrons. The van der Waals surface area contributed by atoms with E-state index in [0.717, 1.165) is 0 Å². The third-order valence-electron chi connectivity index (χ3n) is 5.50. The molecule has 0 saturated heterocycles. The number of hydrogen-bond donors (Lipinski definition) is 1. The van der Waals surface area contributed by atoms with Crippen LogP contribution < -0.4 is 5.43 Å². The van der Waals surface area contributed by atoms with Crippen LogP contribution in [-0.4, -0.2) is 23.0 Å². The molecule has 0 bridgehead atoms. The predicted molar refractivity (Wildman–Crippen MR) is 126 cm³/mol. The Balaban J connectivity index is 2.23. The Labute approximate surface area is 196 Å². The van der Waals surface area contributed by atoms with E-state index < -0.39 is 23.6 Å². The highest BCUT2D eigenvalue weighted by Gasteiger charge is 2.23. The Morgan fingerprint density at radius 2 is 1.53 bits per heavy atom. The molecule has 3 aromatic rings. The van der Waals surface area contributed by atoms with Crippen LogP contribution in [0.3, 0.4) is 0 Å². The van der Waals surface area contributed by atoms with Gasteiger partial charge >= 0.3 is 17.9 Å². The normalized spacial score (nSPS) is 12.9. The molecule has 2 atom stereocenters. The molecule has 1 aromatic heterocycles. The van der Waals surface area contributed by atoms with Gasteiger partial charge in [0.25, 0.3) is 0 Å².